The second-order valence-corrected chi connectivity index (χ2v) is 8.39. The van der Waals surface area contributed by atoms with Crippen LogP contribution in [0.4, 0.5) is 18.9 Å². The second kappa shape index (κ2) is 8.28. The van der Waals surface area contributed by atoms with Crippen molar-refractivity contribution in [3.63, 3.8) is 0 Å². The summed E-state index contributed by atoms with van der Waals surface area (Å²) in [5, 5.41) is -0.288. The van der Waals surface area contributed by atoms with Crippen LogP contribution in [0.1, 0.15) is 11.1 Å². The Morgan fingerprint density at radius 3 is 2.32 bits per heavy atom. The first kappa shape index (κ1) is 20.9. The van der Waals surface area contributed by atoms with Crippen molar-refractivity contribution in [3.05, 3.63) is 58.6 Å². The van der Waals surface area contributed by atoms with Crippen LogP contribution in [0.2, 0.25) is 5.02 Å². The lowest BCUT2D eigenvalue weighted by Gasteiger charge is -2.26. The molecule has 1 aliphatic rings. The number of nitrogens with zero attached hydrogens (tertiary/aromatic N) is 1. The number of nitrogens with one attached hydrogen (secondary N) is 1. The molecular formula is C18H18ClF3N2O3S. The second-order valence-electron chi connectivity index (χ2n) is 6.33. The smallest absolute Gasteiger partial charge is 0.379 e. The number of morpholine rings is 1. The van der Waals surface area contributed by atoms with Gasteiger partial charge in [0.2, 0.25) is 0 Å². The molecule has 0 bridgehead atoms. The normalized spacial score (nSPS) is 16.1. The zero-order valence-electron chi connectivity index (χ0n) is 14.7. The minimum absolute atomic E-state index is 0.235. The van der Waals surface area contributed by atoms with E-state index in [9.17, 15) is 21.6 Å². The first-order valence-corrected chi connectivity index (χ1v) is 10.3. The van der Waals surface area contributed by atoms with E-state index in [0.717, 1.165) is 30.8 Å². The van der Waals surface area contributed by atoms with Gasteiger partial charge in [0.1, 0.15) is 4.90 Å². The van der Waals surface area contributed by atoms with Crippen molar-refractivity contribution in [1.29, 1.82) is 0 Å². The third-order valence-corrected chi connectivity index (χ3v) is 6.13. The van der Waals surface area contributed by atoms with Gasteiger partial charge < -0.3 is 4.74 Å². The maximum atomic E-state index is 12.9. The van der Waals surface area contributed by atoms with Gasteiger partial charge in [0.25, 0.3) is 10.0 Å². The van der Waals surface area contributed by atoms with E-state index in [1.165, 1.54) is 0 Å². The standard InChI is InChI=1S/C18H18ClF3N2O3S/c19-16-6-3-14(18(20,21)22)11-17(16)28(25,26)23-15-4-1-13(2-5-15)12-24-7-9-27-10-8-24/h1-6,11,23H,7-10,12H2. The molecule has 0 radical (unpaired) electrons. The third kappa shape index (κ3) is 5.16. The van der Waals surface area contributed by atoms with Crippen LogP contribution in [0.3, 0.4) is 0 Å². The van der Waals surface area contributed by atoms with Gasteiger partial charge in [0, 0.05) is 25.3 Å². The summed E-state index contributed by atoms with van der Waals surface area (Å²) in [6.07, 6.45) is -4.67. The molecule has 1 heterocycles. The van der Waals surface area contributed by atoms with Crippen LogP contribution in [0.25, 0.3) is 0 Å². The largest absolute Gasteiger partial charge is 0.416 e. The minimum atomic E-state index is -4.67. The quantitative estimate of drug-likeness (QED) is 0.773. The van der Waals surface area contributed by atoms with Gasteiger partial charge in [-0.3, -0.25) is 9.62 Å². The van der Waals surface area contributed by atoms with E-state index in [2.05, 4.69) is 9.62 Å². The van der Waals surface area contributed by atoms with E-state index in [-0.39, 0.29) is 10.7 Å². The van der Waals surface area contributed by atoms with E-state index >= 15 is 0 Å². The molecule has 152 valence electrons. The summed E-state index contributed by atoms with van der Waals surface area (Å²) in [6, 6.07) is 8.84. The number of hydrogen-bond donors (Lipinski definition) is 1. The fourth-order valence-corrected chi connectivity index (χ4v) is 4.38. The Balaban J connectivity index is 1.75. The summed E-state index contributed by atoms with van der Waals surface area (Å²) in [5.74, 6) is 0. The van der Waals surface area contributed by atoms with Gasteiger partial charge in [0.15, 0.2) is 0 Å². The molecule has 1 fully saturated rings. The van der Waals surface area contributed by atoms with Crippen molar-refractivity contribution in [3.8, 4) is 0 Å². The molecule has 10 heteroatoms. The Kier molecular flexibility index (Phi) is 6.18. The first-order valence-electron chi connectivity index (χ1n) is 8.44. The number of anilines is 1. The molecule has 1 saturated heterocycles. The summed E-state index contributed by atoms with van der Waals surface area (Å²) < 4.78 is 71.2. The molecule has 0 spiro atoms. The monoisotopic (exact) mass is 434 g/mol. The highest BCUT2D eigenvalue weighted by Crippen LogP contribution is 2.34. The van der Waals surface area contributed by atoms with E-state index in [4.69, 9.17) is 16.3 Å². The zero-order valence-corrected chi connectivity index (χ0v) is 16.2. The summed E-state index contributed by atoms with van der Waals surface area (Å²) in [7, 11) is -4.28. The molecular weight excluding hydrogens is 417 g/mol. The third-order valence-electron chi connectivity index (χ3n) is 4.26. The van der Waals surface area contributed by atoms with Crippen molar-refractivity contribution < 1.29 is 26.3 Å². The van der Waals surface area contributed by atoms with Gasteiger partial charge in [-0.05, 0) is 35.9 Å². The lowest BCUT2D eigenvalue weighted by Crippen LogP contribution is -2.35. The van der Waals surface area contributed by atoms with Crippen LogP contribution >= 0.6 is 11.6 Å². The average Bonchev–Trinajstić information content (AvgIpc) is 2.63. The Hall–Kier alpha value is -1.81. The number of alkyl halides is 3. The van der Waals surface area contributed by atoms with Crippen LogP contribution in [0, 0.1) is 0 Å². The van der Waals surface area contributed by atoms with Gasteiger partial charge in [-0.2, -0.15) is 13.2 Å². The van der Waals surface area contributed by atoms with Gasteiger partial charge in [-0.25, -0.2) is 8.42 Å². The van der Waals surface area contributed by atoms with Crippen molar-refractivity contribution in [2.45, 2.75) is 17.6 Å². The predicted molar refractivity (Wildman–Crippen MR) is 99.8 cm³/mol. The van der Waals surface area contributed by atoms with E-state index < -0.39 is 26.7 Å². The lowest BCUT2D eigenvalue weighted by molar-refractivity contribution is -0.137. The molecule has 28 heavy (non-hydrogen) atoms. The molecule has 1 aliphatic heterocycles. The number of hydrogen-bond acceptors (Lipinski definition) is 4. The van der Waals surface area contributed by atoms with Crippen molar-refractivity contribution in [2.24, 2.45) is 0 Å². The van der Waals surface area contributed by atoms with Gasteiger partial charge >= 0.3 is 6.18 Å². The summed E-state index contributed by atoms with van der Waals surface area (Å²) in [6.45, 7) is 3.70. The number of ether oxygens (including phenoxy) is 1. The highest BCUT2D eigenvalue weighted by atomic mass is 35.5. The Labute approximate surface area is 166 Å². The SMILES string of the molecule is O=S(=O)(Nc1ccc(CN2CCOCC2)cc1)c1cc(C(F)(F)F)ccc1Cl. The number of rotatable bonds is 5. The molecule has 0 aromatic heterocycles. The highest BCUT2D eigenvalue weighted by molar-refractivity contribution is 7.92. The number of sulfonamides is 1. The number of halogens is 4. The van der Waals surface area contributed by atoms with Gasteiger partial charge in [0.05, 0.1) is 23.8 Å². The van der Waals surface area contributed by atoms with E-state index in [1.54, 1.807) is 24.3 Å². The minimum Gasteiger partial charge on any atom is -0.379 e. The van der Waals surface area contributed by atoms with Crippen LogP contribution in [0.5, 0.6) is 0 Å². The van der Waals surface area contributed by atoms with Crippen LogP contribution < -0.4 is 4.72 Å². The highest BCUT2D eigenvalue weighted by Gasteiger charge is 2.32. The zero-order chi connectivity index (χ0) is 20.4. The predicted octanol–water partition coefficient (Wildman–Crippen LogP) is 3.99. The van der Waals surface area contributed by atoms with Gasteiger partial charge in [-0.1, -0.05) is 23.7 Å². The molecule has 5 nitrogen and oxygen atoms in total. The average molecular weight is 435 g/mol. The fourth-order valence-electron chi connectivity index (χ4n) is 2.79. The summed E-state index contributed by atoms with van der Waals surface area (Å²) in [4.78, 5) is 1.59. The molecule has 2 aromatic rings. The van der Waals surface area contributed by atoms with E-state index in [0.29, 0.717) is 25.8 Å². The Morgan fingerprint density at radius 1 is 1.07 bits per heavy atom. The fraction of sp³-hybridized carbons (Fsp3) is 0.333. The molecule has 1 N–H and O–H groups in total. The molecule has 0 saturated carbocycles. The van der Waals surface area contributed by atoms with Crippen LogP contribution in [0.15, 0.2) is 47.4 Å². The summed E-state index contributed by atoms with van der Waals surface area (Å²) >= 11 is 5.83. The molecule has 0 atom stereocenters. The maximum Gasteiger partial charge on any atom is 0.416 e. The molecule has 0 aliphatic carbocycles. The number of benzene rings is 2. The maximum absolute atomic E-state index is 12.9. The van der Waals surface area contributed by atoms with E-state index in [1.807, 2.05) is 0 Å². The summed E-state index contributed by atoms with van der Waals surface area (Å²) in [5.41, 5.74) is 0.138. The molecule has 0 amide bonds. The Bertz CT molecular complexity index is 928. The lowest BCUT2D eigenvalue weighted by atomic mass is 10.2. The topological polar surface area (TPSA) is 58.6 Å². The Morgan fingerprint density at radius 2 is 1.71 bits per heavy atom. The van der Waals surface area contributed by atoms with Crippen molar-refractivity contribution >= 4 is 27.3 Å². The van der Waals surface area contributed by atoms with Crippen LogP contribution in [-0.4, -0.2) is 39.6 Å². The van der Waals surface area contributed by atoms with Crippen molar-refractivity contribution in [1.82, 2.24) is 4.90 Å². The van der Waals surface area contributed by atoms with Crippen molar-refractivity contribution in [2.75, 3.05) is 31.0 Å². The molecule has 2 aromatic carbocycles. The molecule has 3 rings (SSSR count). The van der Waals surface area contributed by atoms with Gasteiger partial charge in [-0.15, -0.1) is 0 Å². The van der Waals surface area contributed by atoms with Crippen LogP contribution in [-0.2, 0) is 27.5 Å². The molecule has 0 unspecified atom stereocenters. The first-order chi connectivity index (χ1) is 13.1.